The summed E-state index contributed by atoms with van der Waals surface area (Å²) in [6, 6.07) is 18.8. The van der Waals surface area contributed by atoms with Gasteiger partial charge in [-0.15, -0.1) is 0 Å². The van der Waals surface area contributed by atoms with Gasteiger partial charge in [-0.25, -0.2) is 5.43 Å². The largest absolute Gasteiger partial charge is 0.451 e. The Bertz CT molecular complexity index is 1170. The maximum atomic E-state index is 12.3. The second-order valence-corrected chi connectivity index (χ2v) is 6.93. The summed E-state index contributed by atoms with van der Waals surface area (Å²) in [5.74, 6) is -0.168. The van der Waals surface area contributed by atoms with Gasteiger partial charge in [0.25, 0.3) is 0 Å². The molecule has 0 radical (unpaired) electrons. The van der Waals surface area contributed by atoms with E-state index in [1.807, 2.05) is 68.4 Å². The maximum absolute atomic E-state index is 12.3. The number of hydrogen-bond donors (Lipinski definition) is 1. The van der Waals surface area contributed by atoms with Gasteiger partial charge in [-0.3, -0.25) is 4.79 Å². The molecule has 4 rings (SSSR count). The summed E-state index contributed by atoms with van der Waals surface area (Å²) < 4.78 is 7.64. The molecule has 0 saturated carbocycles. The van der Waals surface area contributed by atoms with E-state index in [9.17, 15) is 4.79 Å². The van der Waals surface area contributed by atoms with Gasteiger partial charge < -0.3 is 8.98 Å². The van der Waals surface area contributed by atoms with E-state index in [1.165, 1.54) is 0 Å². The van der Waals surface area contributed by atoms with Crippen LogP contribution in [0.2, 0.25) is 5.02 Å². The minimum Gasteiger partial charge on any atom is -0.451 e. The van der Waals surface area contributed by atoms with Crippen LogP contribution in [-0.4, -0.2) is 16.7 Å². The molecule has 2 heterocycles. The van der Waals surface area contributed by atoms with Crippen molar-refractivity contribution in [2.24, 2.45) is 5.10 Å². The van der Waals surface area contributed by atoms with Crippen LogP contribution in [0.25, 0.3) is 16.7 Å². The van der Waals surface area contributed by atoms with E-state index in [2.05, 4.69) is 15.1 Å². The lowest BCUT2D eigenvalue weighted by Gasteiger charge is -2.09. The van der Waals surface area contributed by atoms with E-state index in [4.69, 9.17) is 16.0 Å². The van der Waals surface area contributed by atoms with Crippen molar-refractivity contribution >= 4 is 34.7 Å². The van der Waals surface area contributed by atoms with Crippen LogP contribution in [0, 0.1) is 13.8 Å². The average Bonchev–Trinajstić information content (AvgIpc) is 3.22. The Labute approximate surface area is 167 Å². The lowest BCUT2D eigenvalue weighted by molar-refractivity contribution is 0.0929. The summed E-state index contributed by atoms with van der Waals surface area (Å²) in [6.45, 7) is 4.01. The fourth-order valence-electron chi connectivity index (χ4n) is 3.24. The molecule has 140 valence electrons. The van der Waals surface area contributed by atoms with Crippen molar-refractivity contribution in [2.75, 3.05) is 0 Å². The first-order valence-electron chi connectivity index (χ1n) is 8.80. The minimum absolute atomic E-state index is 0.225. The highest BCUT2D eigenvalue weighted by Gasteiger charge is 2.12. The van der Waals surface area contributed by atoms with Gasteiger partial charge in [-0.05, 0) is 50.2 Å². The van der Waals surface area contributed by atoms with Gasteiger partial charge in [-0.2, -0.15) is 5.10 Å². The van der Waals surface area contributed by atoms with E-state index in [0.29, 0.717) is 10.6 Å². The van der Waals surface area contributed by atoms with Crippen molar-refractivity contribution in [1.82, 2.24) is 9.99 Å². The summed E-state index contributed by atoms with van der Waals surface area (Å²) in [5, 5.41) is 5.65. The number of aryl methyl sites for hydroxylation is 1. The standard InChI is InChI=1S/C22H18ClN3O2/c1-14-10-17(15(2)26(14)19-8-5-7-18(23)12-19)13-24-25-22(27)21-11-16-6-3-4-9-20(16)28-21/h3-13H,1-2H3,(H,25,27)/b24-13+. The molecule has 0 aliphatic carbocycles. The van der Waals surface area contributed by atoms with E-state index in [-0.39, 0.29) is 5.76 Å². The molecule has 1 amide bonds. The predicted octanol–water partition coefficient (Wildman–Crippen LogP) is 5.26. The molecule has 0 unspecified atom stereocenters. The number of nitrogens with one attached hydrogen (secondary N) is 1. The lowest BCUT2D eigenvalue weighted by Crippen LogP contribution is -2.16. The smallest absolute Gasteiger partial charge is 0.307 e. The van der Waals surface area contributed by atoms with Gasteiger partial charge in [0.05, 0.1) is 6.21 Å². The van der Waals surface area contributed by atoms with Crippen molar-refractivity contribution in [3.8, 4) is 5.69 Å². The van der Waals surface area contributed by atoms with Crippen LogP contribution in [0.15, 0.2) is 70.2 Å². The summed E-state index contributed by atoms with van der Waals surface area (Å²) in [5.41, 5.74) is 7.12. The van der Waals surface area contributed by atoms with Crippen LogP contribution in [0.4, 0.5) is 0 Å². The highest BCUT2D eigenvalue weighted by molar-refractivity contribution is 6.30. The molecule has 4 aromatic rings. The number of rotatable bonds is 4. The maximum Gasteiger partial charge on any atom is 0.307 e. The van der Waals surface area contributed by atoms with Crippen LogP contribution >= 0.6 is 11.6 Å². The molecular formula is C22H18ClN3O2. The number of carbonyl (C=O) groups excluding carboxylic acids is 1. The molecular weight excluding hydrogens is 374 g/mol. The molecule has 0 spiro atoms. The molecule has 28 heavy (non-hydrogen) atoms. The fraction of sp³-hybridized carbons (Fsp3) is 0.0909. The number of fused-ring (bicyclic) bond motifs is 1. The van der Waals surface area contributed by atoms with E-state index >= 15 is 0 Å². The van der Waals surface area contributed by atoms with Gasteiger partial charge >= 0.3 is 5.91 Å². The summed E-state index contributed by atoms with van der Waals surface area (Å²) in [6.07, 6.45) is 1.63. The topological polar surface area (TPSA) is 59.5 Å². The first kappa shape index (κ1) is 18.1. The third-order valence-corrected chi connectivity index (χ3v) is 4.79. The van der Waals surface area contributed by atoms with Gasteiger partial charge in [-0.1, -0.05) is 35.9 Å². The second kappa shape index (κ2) is 7.37. The van der Waals surface area contributed by atoms with Crippen LogP contribution in [0.5, 0.6) is 0 Å². The quantitative estimate of drug-likeness (QED) is 0.381. The molecule has 0 atom stereocenters. The SMILES string of the molecule is Cc1cc(/C=N/NC(=O)c2cc3ccccc3o2)c(C)n1-c1cccc(Cl)c1. The van der Waals surface area contributed by atoms with Gasteiger partial charge in [0.1, 0.15) is 5.58 Å². The zero-order valence-corrected chi connectivity index (χ0v) is 16.2. The Morgan fingerprint density at radius 2 is 1.93 bits per heavy atom. The molecule has 0 bridgehead atoms. The van der Waals surface area contributed by atoms with Crippen molar-refractivity contribution in [2.45, 2.75) is 13.8 Å². The molecule has 0 fully saturated rings. The number of hydrogen-bond acceptors (Lipinski definition) is 3. The van der Waals surface area contributed by atoms with Crippen LogP contribution in [0.3, 0.4) is 0 Å². The highest BCUT2D eigenvalue weighted by atomic mass is 35.5. The summed E-state index contributed by atoms with van der Waals surface area (Å²) in [4.78, 5) is 12.3. The van der Waals surface area contributed by atoms with Crippen molar-refractivity contribution in [3.05, 3.63) is 88.4 Å². The van der Waals surface area contributed by atoms with Crippen molar-refractivity contribution in [3.63, 3.8) is 0 Å². The molecule has 0 saturated heterocycles. The Morgan fingerprint density at radius 1 is 1.11 bits per heavy atom. The van der Waals surface area contributed by atoms with Crippen molar-refractivity contribution in [1.29, 1.82) is 0 Å². The van der Waals surface area contributed by atoms with Gasteiger partial charge in [0.15, 0.2) is 5.76 Å². The molecule has 0 aliphatic heterocycles. The van der Waals surface area contributed by atoms with Gasteiger partial charge in [0.2, 0.25) is 0 Å². The predicted molar refractivity (Wildman–Crippen MR) is 112 cm³/mol. The molecule has 2 aromatic heterocycles. The van der Waals surface area contributed by atoms with Crippen LogP contribution in [0.1, 0.15) is 27.5 Å². The Morgan fingerprint density at radius 3 is 2.71 bits per heavy atom. The first-order chi connectivity index (χ1) is 13.5. The number of aromatic nitrogens is 1. The summed E-state index contributed by atoms with van der Waals surface area (Å²) in [7, 11) is 0. The van der Waals surface area contributed by atoms with E-state index in [1.54, 1.807) is 12.3 Å². The third kappa shape index (κ3) is 3.44. The highest BCUT2D eigenvalue weighted by Crippen LogP contribution is 2.22. The Kier molecular flexibility index (Phi) is 4.75. The van der Waals surface area contributed by atoms with Crippen LogP contribution < -0.4 is 5.43 Å². The number of nitrogens with zero attached hydrogens (tertiary/aromatic N) is 2. The number of hydrazone groups is 1. The monoisotopic (exact) mass is 391 g/mol. The molecule has 2 aromatic carbocycles. The van der Waals surface area contributed by atoms with Crippen LogP contribution in [-0.2, 0) is 0 Å². The normalized spacial score (nSPS) is 11.4. The molecule has 5 nitrogen and oxygen atoms in total. The zero-order valence-electron chi connectivity index (χ0n) is 15.4. The van der Waals surface area contributed by atoms with E-state index < -0.39 is 5.91 Å². The molecule has 0 aliphatic rings. The number of para-hydroxylation sites is 1. The van der Waals surface area contributed by atoms with Crippen molar-refractivity contribution < 1.29 is 9.21 Å². The molecule has 6 heteroatoms. The Hall–Kier alpha value is -3.31. The summed E-state index contributed by atoms with van der Waals surface area (Å²) >= 11 is 6.12. The Balaban J connectivity index is 1.53. The molecule has 1 N–H and O–H groups in total. The first-order valence-corrected chi connectivity index (χ1v) is 9.17. The second-order valence-electron chi connectivity index (χ2n) is 6.49. The number of carbonyl (C=O) groups is 1. The van der Waals surface area contributed by atoms with E-state index in [0.717, 1.165) is 28.0 Å². The number of benzene rings is 2. The van der Waals surface area contributed by atoms with Gasteiger partial charge in [0, 0.05) is 33.0 Å². The minimum atomic E-state index is -0.393. The lowest BCUT2D eigenvalue weighted by atomic mass is 10.2. The zero-order chi connectivity index (χ0) is 19.7. The average molecular weight is 392 g/mol. The third-order valence-electron chi connectivity index (χ3n) is 4.56. The number of halogens is 1. The number of amides is 1. The number of furan rings is 1. The fourth-order valence-corrected chi connectivity index (χ4v) is 3.42.